The fourth-order valence-electron chi connectivity index (χ4n) is 2.22. The number of hydrogen-bond donors (Lipinski definition) is 2. The molecule has 0 aliphatic heterocycles. The maximum absolute atomic E-state index is 14.1. The van der Waals surface area contributed by atoms with Crippen LogP contribution >= 0.6 is 11.6 Å². The van der Waals surface area contributed by atoms with E-state index in [1.807, 2.05) is 0 Å². The lowest BCUT2D eigenvalue weighted by atomic mass is 10.0. The van der Waals surface area contributed by atoms with Crippen molar-refractivity contribution in [3.63, 3.8) is 0 Å². The number of H-pyrrole nitrogens is 1. The summed E-state index contributed by atoms with van der Waals surface area (Å²) in [5.41, 5.74) is 7.34. The zero-order valence-corrected chi connectivity index (χ0v) is 12.1. The van der Waals surface area contributed by atoms with Crippen molar-refractivity contribution in [2.75, 3.05) is 0 Å². The molecule has 22 heavy (non-hydrogen) atoms. The number of nitrogens with one attached hydrogen (secondary N) is 1. The van der Waals surface area contributed by atoms with E-state index < -0.39 is 11.7 Å². The van der Waals surface area contributed by atoms with Gasteiger partial charge >= 0.3 is 0 Å². The first-order valence-corrected chi connectivity index (χ1v) is 6.84. The van der Waals surface area contributed by atoms with Crippen LogP contribution in [0.5, 0.6) is 0 Å². The van der Waals surface area contributed by atoms with Crippen LogP contribution in [-0.2, 0) is 0 Å². The van der Waals surface area contributed by atoms with E-state index in [0.29, 0.717) is 16.4 Å². The zero-order valence-electron chi connectivity index (χ0n) is 11.3. The summed E-state index contributed by atoms with van der Waals surface area (Å²) in [6, 6.07) is 12.9. The molecule has 0 aliphatic carbocycles. The summed E-state index contributed by atoms with van der Waals surface area (Å²) >= 11 is 5.85. The Labute approximate surface area is 130 Å². The van der Waals surface area contributed by atoms with Crippen molar-refractivity contribution >= 4 is 17.5 Å². The number of carbonyl (C=O) groups is 1. The molecule has 3 rings (SSSR count). The molecular weight excluding hydrogens is 305 g/mol. The summed E-state index contributed by atoms with van der Waals surface area (Å²) in [5, 5.41) is 7.50. The molecule has 0 atom stereocenters. The highest BCUT2D eigenvalue weighted by atomic mass is 35.5. The molecule has 110 valence electrons. The molecular formula is C16H11ClFN3O. The van der Waals surface area contributed by atoms with Gasteiger partial charge in [0, 0.05) is 16.1 Å². The third-order valence-corrected chi connectivity index (χ3v) is 3.52. The predicted octanol–water partition coefficient (Wildman–Crippen LogP) is 3.64. The number of aromatic nitrogens is 2. The molecule has 3 N–H and O–H groups in total. The highest BCUT2D eigenvalue weighted by Crippen LogP contribution is 2.29. The quantitative estimate of drug-likeness (QED) is 0.774. The van der Waals surface area contributed by atoms with E-state index in [1.165, 1.54) is 18.2 Å². The molecule has 1 aromatic heterocycles. The van der Waals surface area contributed by atoms with Gasteiger partial charge in [0.25, 0.3) is 0 Å². The second-order valence-corrected chi connectivity index (χ2v) is 5.14. The first-order chi connectivity index (χ1) is 10.6. The number of carbonyl (C=O) groups excluding carboxylic acids is 1. The SMILES string of the molecule is NC(=O)c1cccc(F)c1-c1cc(-c2ccc(Cl)cc2)n[nH]1. The second kappa shape index (κ2) is 5.61. The Morgan fingerprint density at radius 1 is 1.18 bits per heavy atom. The molecule has 0 saturated carbocycles. The maximum Gasteiger partial charge on any atom is 0.249 e. The number of halogens is 2. The fraction of sp³-hybridized carbons (Fsp3) is 0. The van der Waals surface area contributed by atoms with Gasteiger partial charge in [0.1, 0.15) is 5.82 Å². The van der Waals surface area contributed by atoms with Gasteiger partial charge in [-0.3, -0.25) is 9.89 Å². The van der Waals surface area contributed by atoms with Crippen LogP contribution in [0.2, 0.25) is 5.02 Å². The van der Waals surface area contributed by atoms with Crippen molar-refractivity contribution in [2.45, 2.75) is 0 Å². The van der Waals surface area contributed by atoms with Crippen LogP contribution < -0.4 is 5.73 Å². The number of primary amides is 1. The van der Waals surface area contributed by atoms with Crippen LogP contribution in [0.25, 0.3) is 22.5 Å². The highest BCUT2D eigenvalue weighted by molar-refractivity contribution is 6.30. The standard InChI is InChI=1S/C16H11ClFN3O/c17-10-6-4-9(5-7-10)13-8-14(21-20-13)15-11(16(19)22)2-1-3-12(15)18/h1-8H,(H2,19,22)(H,20,21). The van der Waals surface area contributed by atoms with Crippen LogP contribution in [0, 0.1) is 5.82 Å². The monoisotopic (exact) mass is 315 g/mol. The van der Waals surface area contributed by atoms with Gasteiger partial charge < -0.3 is 5.73 Å². The van der Waals surface area contributed by atoms with E-state index in [9.17, 15) is 9.18 Å². The van der Waals surface area contributed by atoms with Gasteiger partial charge in [-0.25, -0.2) is 4.39 Å². The molecule has 0 saturated heterocycles. The van der Waals surface area contributed by atoms with Crippen molar-refractivity contribution in [3.05, 3.63) is 64.9 Å². The van der Waals surface area contributed by atoms with Crippen molar-refractivity contribution in [1.29, 1.82) is 0 Å². The molecule has 6 heteroatoms. The number of rotatable bonds is 3. The molecule has 1 amide bonds. The Bertz CT molecular complexity index is 843. The maximum atomic E-state index is 14.1. The number of nitrogens with two attached hydrogens (primary N) is 1. The number of amides is 1. The van der Waals surface area contributed by atoms with Gasteiger partial charge in [-0.2, -0.15) is 5.10 Å². The summed E-state index contributed by atoms with van der Waals surface area (Å²) in [6.07, 6.45) is 0. The van der Waals surface area contributed by atoms with E-state index >= 15 is 0 Å². The molecule has 3 aromatic rings. The van der Waals surface area contributed by atoms with Crippen LogP contribution in [0.3, 0.4) is 0 Å². The third-order valence-electron chi connectivity index (χ3n) is 3.27. The van der Waals surface area contributed by atoms with Gasteiger partial charge in [0.05, 0.1) is 17.0 Å². The van der Waals surface area contributed by atoms with Gasteiger partial charge in [-0.1, -0.05) is 29.8 Å². The summed E-state index contributed by atoms with van der Waals surface area (Å²) in [7, 11) is 0. The average Bonchev–Trinajstić information content (AvgIpc) is 2.97. The second-order valence-electron chi connectivity index (χ2n) is 4.70. The lowest BCUT2D eigenvalue weighted by Crippen LogP contribution is -2.13. The molecule has 4 nitrogen and oxygen atoms in total. The summed E-state index contributed by atoms with van der Waals surface area (Å²) in [5.74, 6) is -1.24. The Hall–Kier alpha value is -2.66. The zero-order chi connectivity index (χ0) is 15.7. The van der Waals surface area contributed by atoms with E-state index in [0.717, 1.165) is 5.56 Å². The summed E-state index contributed by atoms with van der Waals surface area (Å²) in [6.45, 7) is 0. The Morgan fingerprint density at radius 3 is 2.59 bits per heavy atom. The molecule has 0 aliphatic rings. The van der Waals surface area contributed by atoms with E-state index in [4.69, 9.17) is 17.3 Å². The Kier molecular flexibility index (Phi) is 3.65. The smallest absolute Gasteiger partial charge is 0.249 e. The molecule has 0 unspecified atom stereocenters. The van der Waals surface area contributed by atoms with E-state index in [2.05, 4.69) is 10.2 Å². The molecule has 0 spiro atoms. The first-order valence-electron chi connectivity index (χ1n) is 6.46. The van der Waals surface area contributed by atoms with Crippen LogP contribution in [0.15, 0.2) is 48.5 Å². The van der Waals surface area contributed by atoms with Crippen molar-refractivity contribution in [1.82, 2.24) is 10.2 Å². The van der Waals surface area contributed by atoms with Crippen molar-refractivity contribution in [2.24, 2.45) is 5.73 Å². The average molecular weight is 316 g/mol. The largest absolute Gasteiger partial charge is 0.366 e. The molecule has 0 fully saturated rings. The summed E-state index contributed by atoms with van der Waals surface area (Å²) < 4.78 is 14.1. The minimum absolute atomic E-state index is 0.103. The topological polar surface area (TPSA) is 71.8 Å². The van der Waals surface area contributed by atoms with Crippen LogP contribution in [0.4, 0.5) is 4.39 Å². The molecule has 2 aromatic carbocycles. The minimum atomic E-state index is -0.697. The van der Waals surface area contributed by atoms with Crippen molar-refractivity contribution < 1.29 is 9.18 Å². The number of benzene rings is 2. The van der Waals surface area contributed by atoms with E-state index in [-0.39, 0.29) is 11.1 Å². The lowest BCUT2D eigenvalue weighted by Gasteiger charge is -2.05. The first kappa shape index (κ1) is 14.3. The number of hydrogen-bond acceptors (Lipinski definition) is 2. The van der Waals surface area contributed by atoms with Crippen LogP contribution in [0.1, 0.15) is 10.4 Å². The van der Waals surface area contributed by atoms with Crippen LogP contribution in [-0.4, -0.2) is 16.1 Å². The van der Waals surface area contributed by atoms with Gasteiger partial charge in [0.15, 0.2) is 0 Å². The van der Waals surface area contributed by atoms with Crippen molar-refractivity contribution in [3.8, 4) is 22.5 Å². The molecule has 0 radical (unpaired) electrons. The Balaban J connectivity index is 2.08. The lowest BCUT2D eigenvalue weighted by molar-refractivity contribution is 0.100. The number of nitrogens with zero attached hydrogens (tertiary/aromatic N) is 1. The summed E-state index contributed by atoms with van der Waals surface area (Å²) in [4.78, 5) is 11.5. The molecule has 0 bridgehead atoms. The number of aromatic amines is 1. The van der Waals surface area contributed by atoms with Gasteiger partial charge in [-0.15, -0.1) is 0 Å². The normalized spacial score (nSPS) is 10.6. The highest BCUT2D eigenvalue weighted by Gasteiger charge is 2.17. The van der Waals surface area contributed by atoms with Gasteiger partial charge in [0.2, 0.25) is 5.91 Å². The Morgan fingerprint density at radius 2 is 1.91 bits per heavy atom. The third kappa shape index (κ3) is 2.58. The van der Waals surface area contributed by atoms with E-state index in [1.54, 1.807) is 30.3 Å². The minimum Gasteiger partial charge on any atom is -0.366 e. The predicted molar refractivity (Wildman–Crippen MR) is 82.9 cm³/mol. The molecule has 1 heterocycles. The van der Waals surface area contributed by atoms with Gasteiger partial charge in [-0.05, 0) is 30.3 Å². The fourth-order valence-corrected chi connectivity index (χ4v) is 2.35.